The molecule has 0 spiro atoms. The molecular formula is C14H22N4O. The summed E-state index contributed by atoms with van der Waals surface area (Å²) in [6, 6.07) is 5.73. The average molecular weight is 262 g/mol. The van der Waals surface area contributed by atoms with Crippen molar-refractivity contribution in [2.75, 3.05) is 37.3 Å². The van der Waals surface area contributed by atoms with Gasteiger partial charge in [0.15, 0.2) is 0 Å². The Morgan fingerprint density at radius 3 is 2.79 bits per heavy atom. The lowest BCUT2D eigenvalue weighted by molar-refractivity contribution is 0.100. The van der Waals surface area contributed by atoms with Crippen molar-refractivity contribution in [2.24, 2.45) is 5.73 Å². The van der Waals surface area contributed by atoms with Crippen molar-refractivity contribution >= 4 is 17.3 Å². The molecule has 1 aromatic carbocycles. The van der Waals surface area contributed by atoms with Gasteiger partial charge in [-0.15, -0.1) is 0 Å². The molecule has 5 nitrogen and oxygen atoms in total. The zero-order chi connectivity index (χ0) is 14.0. The summed E-state index contributed by atoms with van der Waals surface area (Å²) in [6.07, 6.45) is 1.07. The molecule has 1 saturated heterocycles. The lowest BCUT2D eigenvalue weighted by Gasteiger charge is -2.31. The predicted octanol–water partition coefficient (Wildman–Crippen LogP) is 0.898. The Kier molecular flexibility index (Phi) is 3.95. The fourth-order valence-electron chi connectivity index (χ4n) is 2.73. The highest BCUT2D eigenvalue weighted by molar-refractivity contribution is 5.99. The molecule has 2 rings (SSSR count). The monoisotopic (exact) mass is 262 g/mol. The Morgan fingerprint density at radius 1 is 1.37 bits per heavy atom. The number of anilines is 2. The number of likely N-dealkylation sites (N-methyl/N-ethyl adjacent to an activating group) is 1. The van der Waals surface area contributed by atoms with E-state index in [9.17, 15) is 4.79 Å². The molecule has 1 heterocycles. The van der Waals surface area contributed by atoms with Gasteiger partial charge in [0.2, 0.25) is 0 Å². The van der Waals surface area contributed by atoms with Crippen LogP contribution < -0.4 is 16.4 Å². The number of benzene rings is 1. The van der Waals surface area contributed by atoms with Crippen molar-refractivity contribution in [1.29, 1.82) is 0 Å². The average Bonchev–Trinajstić information content (AvgIpc) is 2.50. The van der Waals surface area contributed by atoms with Crippen LogP contribution in [0.3, 0.4) is 0 Å². The van der Waals surface area contributed by atoms with Gasteiger partial charge in [-0.1, -0.05) is 0 Å². The molecule has 0 radical (unpaired) electrons. The lowest BCUT2D eigenvalue weighted by Crippen LogP contribution is -2.39. The highest BCUT2D eigenvalue weighted by Crippen LogP contribution is 2.26. The Hall–Kier alpha value is -1.75. The number of amides is 1. The van der Waals surface area contributed by atoms with Gasteiger partial charge in [0, 0.05) is 30.5 Å². The molecular weight excluding hydrogens is 240 g/mol. The highest BCUT2D eigenvalue weighted by Gasteiger charge is 2.23. The van der Waals surface area contributed by atoms with Crippen LogP contribution in [-0.2, 0) is 0 Å². The lowest BCUT2D eigenvalue weighted by atomic mass is 10.1. The smallest absolute Gasteiger partial charge is 0.250 e. The fraction of sp³-hybridized carbons (Fsp3) is 0.500. The number of nitrogens with zero attached hydrogens (tertiary/aromatic N) is 2. The van der Waals surface area contributed by atoms with E-state index in [2.05, 4.69) is 23.8 Å². The minimum atomic E-state index is -0.424. The molecule has 1 aliphatic rings. The number of primary amides is 1. The van der Waals surface area contributed by atoms with Crippen LogP contribution in [0, 0.1) is 0 Å². The first-order valence-electron chi connectivity index (χ1n) is 6.63. The summed E-state index contributed by atoms with van der Waals surface area (Å²) in [5, 5.41) is 0. The van der Waals surface area contributed by atoms with Crippen molar-refractivity contribution in [2.45, 2.75) is 19.4 Å². The molecule has 1 aromatic rings. The Morgan fingerprint density at radius 2 is 2.11 bits per heavy atom. The van der Waals surface area contributed by atoms with Gasteiger partial charge in [-0.05, 0) is 45.1 Å². The van der Waals surface area contributed by atoms with Gasteiger partial charge in [0.05, 0.1) is 5.56 Å². The van der Waals surface area contributed by atoms with Crippen LogP contribution in [-0.4, -0.2) is 43.5 Å². The van der Waals surface area contributed by atoms with Gasteiger partial charge in [-0.25, -0.2) is 0 Å². The second-order valence-electron chi connectivity index (χ2n) is 5.30. The molecule has 5 heteroatoms. The topological polar surface area (TPSA) is 75.6 Å². The molecule has 1 amide bonds. The number of rotatable bonds is 2. The molecule has 1 unspecified atom stereocenters. The first-order valence-corrected chi connectivity index (χ1v) is 6.63. The maximum atomic E-state index is 11.6. The number of nitrogens with two attached hydrogens (primary N) is 2. The third kappa shape index (κ3) is 2.98. The summed E-state index contributed by atoms with van der Waals surface area (Å²) in [7, 11) is 2.12. The first-order chi connectivity index (χ1) is 8.99. The number of hydrogen-bond donors (Lipinski definition) is 2. The van der Waals surface area contributed by atoms with E-state index in [4.69, 9.17) is 11.5 Å². The maximum Gasteiger partial charge on any atom is 0.250 e. The van der Waals surface area contributed by atoms with Gasteiger partial charge in [0.1, 0.15) is 0 Å². The second-order valence-corrected chi connectivity index (χ2v) is 5.30. The zero-order valence-corrected chi connectivity index (χ0v) is 11.6. The van der Waals surface area contributed by atoms with E-state index in [-0.39, 0.29) is 0 Å². The number of hydrogen-bond acceptors (Lipinski definition) is 4. The third-order valence-corrected chi connectivity index (χ3v) is 3.64. The van der Waals surface area contributed by atoms with Crippen molar-refractivity contribution in [3.05, 3.63) is 23.8 Å². The summed E-state index contributed by atoms with van der Waals surface area (Å²) in [5.41, 5.74) is 13.2. The minimum Gasteiger partial charge on any atom is -0.399 e. The second kappa shape index (κ2) is 5.48. The quantitative estimate of drug-likeness (QED) is 0.776. The number of nitrogen functional groups attached to an aromatic ring is 1. The first kappa shape index (κ1) is 13.7. The zero-order valence-electron chi connectivity index (χ0n) is 11.6. The molecule has 0 bridgehead atoms. The molecule has 1 fully saturated rings. The van der Waals surface area contributed by atoms with Gasteiger partial charge in [-0.3, -0.25) is 4.79 Å². The molecule has 0 aliphatic carbocycles. The van der Waals surface area contributed by atoms with E-state index >= 15 is 0 Å². The van der Waals surface area contributed by atoms with Gasteiger partial charge in [0.25, 0.3) is 5.91 Å². The number of carbonyl (C=O) groups is 1. The Labute approximate surface area is 114 Å². The third-order valence-electron chi connectivity index (χ3n) is 3.64. The van der Waals surface area contributed by atoms with Gasteiger partial charge < -0.3 is 21.3 Å². The Bertz CT molecular complexity index is 475. The molecule has 0 aromatic heterocycles. The van der Waals surface area contributed by atoms with Crippen LogP contribution in [0.5, 0.6) is 0 Å². The van der Waals surface area contributed by atoms with E-state index in [1.165, 1.54) is 0 Å². The maximum absolute atomic E-state index is 11.6. The molecule has 4 N–H and O–H groups in total. The van der Waals surface area contributed by atoms with Crippen molar-refractivity contribution in [3.63, 3.8) is 0 Å². The molecule has 19 heavy (non-hydrogen) atoms. The predicted molar refractivity (Wildman–Crippen MR) is 78.3 cm³/mol. The van der Waals surface area contributed by atoms with E-state index in [0.29, 0.717) is 17.3 Å². The van der Waals surface area contributed by atoms with Crippen LogP contribution in [0.25, 0.3) is 0 Å². The molecule has 1 aliphatic heterocycles. The summed E-state index contributed by atoms with van der Waals surface area (Å²) in [5.74, 6) is -0.424. The van der Waals surface area contributed by atoms with Crippen LogP contribution in [0.2, 0.25) is 0 Å². The summed E-state index contributed by atoms with van der Waals surface area (Å²) >= 11 is 0. The van der Waals surface area contributed by atoms with Crippen LogP contribution in [0.1, 0.15) is 23.7 Å². The van der Waals surface area contributed by atoms with E-state index in [1.807, 2.05) is 12.1 Å². The summed E-state index contributed by atoms with van der Waals surface area (Å²) in [4.78, 5) is 16.2. The highest BCUT2D eigenvalue weighted by atomic mass is 16.1. The van der Waals surface area contributed by atoms with Gasteiger partial charge in [-0.2, -0.15) is 0 Å². The molecule has 0 saturated carbocycles. The van der Waals surface area contributed by atoms with E-state index in [1.54, 1.807) is 6.07 Å². The minimum absolute atomic E-state index is 0.342. The standard InChI is InChI=1S/C14H22N4O/c1-10-9-17(2)6-3-7-18(10)13-5-4-11(15)8-12(13)14(16)19/h4-5,8,10H,3,6-7,9,15H2,1-2H3,(H2,16,19). The fourth-order valence-corrected chi connectivity index (χ4v) is 2.73. The van der Waals surface area contributed by atoms with Gasteiger partial charge >= 0.3 is 0 Å². The van der Waals surface area contributed by atoms with Crippen molar-refractivity contribution in [1.82, 2.24) is 4.90 Å². The van der Waals surface area contributed by atoms with Crippen LogP contribution in [0.15, 0.2) is 18.2 Å². The van der Waals surface area contributed by atoms with E-state index < -0.39 is 5.91 Å². The van der Waals surface area contributed by atoms with Crippen LogP contribution >= 0.6 is 0 Å². The Balaban J connectivity index is 2.37. The van der Waals surface area contributed by atoms with Crippen molar-refractivity contribution < 1.29 is 4.79 Å². The molecule has 104 valence electrons. The molecule has 1 atom stereocenters. The summed E-state index contributed by atoms with van der Waals surface area (Å²) < 4.78 is 0. The normalized spacial score (nSPS) is 21.2. The summed E-state index contributed by atoms with van der Waals surface area (Å²) in [6.45, 7) is 5.14. The van der Waals surface area contributed by atoms with Crippen LogP contribution in [0.4, 0.5) is 11.4 Å². The van der Waals surface area contributed by atoms with E-state index in [0.717, 1.165) is 31.7 Å². The van der Waals surface area contributed by atoms with Crippen molar-refractivity contribution in [3.8, 4) is 0 Å². The largest absolute Gasteiger partial charge is 0.399 e. The number of carbonyl (C=O) groups excluding carboxylic acids is 1. The SMILES string of the molecule is CC1CN(C)CCCN1c1ccc(N)cc1C(N)=O.